The van der Waals surface area contributed by atoms with Crippen molar-refractivity contribution >= 4 is 29.0 Å². The summed E-state index contributed by atoms with van der Waals surface area (Å²) >= 11 is 1.36. The van der Waals surface area contributed by atoms with Crippen molar-refractivity contribution in [1.82, 2.24) is 14.8 Å². The van der Waals surface area contributed by atoms with Crippen LogP contribution < -0.4 is 15.4 Å². The van der Waals surface area contributed by atoms with Crippen LogP contribution in [0.2, 0.25) is 0 Å². The number of methoxy groups -OCH3 is 1. The van der Waals surface area contributed by atoms with E-state index in [1.807, 2.05) is 17.7 Å². The summed E-state index contributed by atoms with van der Waals surface area (Å²) in [6, 6.07) is 13.4. The van der Waals surface area contributed by atoms with Gasteiger partial charge in [-0.25, -0.2) is 0 Å². The normalized spacial score (nSPS) is 10.6. The van der Waals surface area contributed by atoms with Gasteiger partial charge in [-0.15, -0.1) is 10.2 Å². The number of hydrogen-bond donors (Lipinski definition) is 2. The largest absolute Gasteiger partial charge is 0.497 e. The van der Waals surface area contributed by atoms with Gasteiger partial charge in [0.2, 0.25) is 5.91 Å². The first-order valence-corrected chi connectivity index (χ1v) is 10.2. The molecule has 7 nitrogen and oxygen atoms in total. The van der Waals surface area contributed by atoms with Gasteiger partial charge in [0, 0.05) is 18.4 Å². The number of aryl methyl sites for hydroxylation is 2. The van der Waals surface area contributed by atoms with E-state index in [1.165, 1.54) is 22.9 Å². The van der Waals surface area contributed by atoms with Crippen LogP contribution in [0.3, 0.4) is 0 Å². The lowest BCUT2D eigenvalue weighted by Crippen LogP contribution is -2.14. The second-order valence-corrected chi connectivity index (χ2v) is 7.59. The van der Waals surface area contributed by atoms with Gasteiger partial charge in [-0.1, -0.05) is 30.0 Å². The van der Waals surface area contributed by atoms with Crippen molar-refractivity contribution in [2.75, 3.05) is 23.5 Å². The van der Waals surface area contributed by atoms with Crippen LogP contribution in [-0.2, 0) is 18.4 Å². The van der Waals surface area contributed by atoms with Crippen LogP contribution in [0.4, 0.5) is 11.4 Å². The minimum Gasteiger partial charge on any atom is -0.497 e. The minimum absolute atomic E-state index is 0.0987. The van der Waals surface area contributed by atoms with E-state index in [1.54, 1.807) is 31.4 Å². The minimum atomic E-state index is -0.0987. The number of nitrogens with zero attached hydrogens (tertiary/aromatic N) is 3. The van der Waals surface area contributed by atoms with E-state index < -0.39 is 0 Å². The summed E-state index contributed by atoms with van der Waals surface area (Å²) in [5.41, 5.74) is 4.23. The zero-order valence-corrected chi connectivity index (χ0v) is 17.8. The lowest BCUT2D eigenvalue weighted by molar-refractivity contribution is -0.113. The molecule has 2 N–H and O–H groups in total. The number of benzene rings is 2. The van der Waals surface area contributed by atoms with Crippen LogP contribution in [-0.4, -0.2) is 33.5 Å². The lowest BCUT2D eigenvalue weighted by Gasteiger charge is -2.12. The van der Waals surface area contributed by atoms with Gasteiger partial charge in [-0.05, 0) is 49.2 Å². The molecule has 8 heteroatoms. The van der Waals surface area contributed by atoms with E-state index in [9.17, 15) is 4.79 Å². The SMILES string of the molecule is COc1ccc(NC(=O)CSc2nnc(CNc3c(C)cccc3C)n2C)cc1. The van der Waals surface area contributed by atoms with Gasteiger partial charge in [0.1, 0.15) is 5.75 Å². The molecule has 2 aromatic carbocycles. The molecule has 0 saturated heterocycles. The molecule has 29 heavy (non-hydrogen) atoms. The summed E-state index contributed by atoms with van der Waals surface area (Å²) in [6.45, 7) is 4.72. The molecule has 0 bridgehead atoms. The Hall–Kier alpha value is -3.00. The van der Waals surface area contributed by atoms with Crippen molar-refractivity contribution in [2.45, 2.75) is 25.5 Å². The number of rotatable bonds is 8. The Labute approximate surface area is 174 Å². The molecule has 0 aliphatic rings. The van der Waals surface area contributed by atoms with Crippen molar-refractivity contribution in [3.63, 3.8) is 0 Å². The van der Waals surface area contributed by atoms with E-state index >= 15 is 0 Å². The van der Waals surface area contributed by atoms with Gasteiger partial charge in [-0.2, -0.15) is 0 Å². The fourth-order valence-electron chi connectivity index (χ4n) is 2.89. The first kappa shape index (κ1) is 20.7. The second kappa shape index (κ2) is 9.47. The fraction of sp³-hybridized carbons (Fsp3) is 0.286. The van der Waals surface area contributed by atoms with Crippen LogP contribution in [0.15, 0.2) is 47.6 Å². The number of carbonyl (C=O) groups excluding carboxylic acids is 1. The molecule has 0 aliphatic heterocycles. The molecule has 0 aliphatic carbocycles. The first-order chi connectivity index (χ1) is 14.0. The lowest BCUT2D eigenvalue weighted by atomic mass is 10.1. The molecule has 0 radical (unpaired) electrons. The highest BCUT2D eigenvalue weighted by molar-refractivity contribution is 7.99. The van der Waals surface area contributed by atoms with Crippen molar-refractivity contribution in [2.24, 2.45) is 7.05 Å². The maximum absolute atomic E-state index is 12.2. The molecule has 1 heterocycles. The van der Waals surface area contributed by atoms with Gasteiger partial charge in [0.05, 0.1) is 19.4 Å². The highest BCUT2D eigenvalue weighted by Gasteiger charge is 2.12. The molecule has 3 aromatic rings. The number of para-hydroxylation sites is 1. The van der Waals surface area contributed by atoms with Crippen LogP contribution in [0.25, 0.3) is 0 Å². The number of nitrogens with one attached hydrogen (secondary N) is 2. The smallest absolute Gasteiger partial charge is 0.234 e. The molecule has 0 unspecified atom stereocenters. The fourth-order valence-corrected chi connectivity index (χ4v) is 3.62. The third kappa shape index (κ3) is 5.29. The second-order valence-electron chi connectivity index (χ2n) is 6.64. The molecule has 3 rings (SSSR count). The Morgan fingerprint density at radius 3 is 2.45 bits per heavy atom. The summed E-state index contributed by atoms with van der Waals surface area (Å²) < 4.78 is 7.02. The predicted octanol–water partition coefficient (Wildman–Crippen LogP) is 3.78. The molecule has 1 aromatic heterocycles. The average Bonchev–Trinajstić information content (AvgIpc) is 3.06. The van der Waals surface area contributed by atoms with Crippen molar-refractivity contribution < 1.29 is 9.53 Å². The highest BCUT2D eigenvalue weighted by atomic mass is 32.2. The van der Waals surface area contributed by atoms with Crippen molar-refractivity contribution in [1.29, 1.82) is 0 Å². The summed E-state index contributed by atoms with van der Waals surface area (Å²) in [6.07, 6.45) is 0. The van der Waals surface area contributed by atoms with E-state index in [-0.39, 0.29) is 11.7 Å². The third-order valence-electron chi connectivity index (χ3n) is 4.54. The molecule has 1 amide bonds. The van der Waals surface area contributed by atoms with E-state index in [0.717, 1.165) is 22.9 Å². The standard InChI is InChI=1S/C21H25N5O2S/c1-14-6-5-7-15(2)20(14)22-12-18-24-25-21(26(18)3)29-13-19(27)23-16-8-10-17(28-4)11-9-16/h5-11,22H,12-13H2,1-4H3,(H,23,27). The van der Waals surface area contributed by atoms with Crippen LogP contribution in [0.1, 0.15) is 17.0 Å². The van der Waals surface area contributed by atoms with Crippen LogP contribution >= 0.6 is 11.8 Å². The molecule has 152 valence electrons. The quantitative estimate of drug-likeness (QED) is 0.549. The van der Waals surface area contributed by atoms with Gasteiger partial charge in [-0.3, -0.25) is 4.79 Å². The molecular formula is C21H25N5O2S. The topological polar surface area (TPSA) is 81.1 Å². The van der Waals surface area contributed by atoms with Crippen LogP contribution in [0, 0.1) is 13.8 Å². The van der Waals surface area contributed by atoms with Gasteiger partial charge in [0.15, 0.2) is 11.0 Å². The number of ether oxygens (including phenoxy) is 1. The van der Waals surface area contributed by atoms with Gasteiger partial charge in [0.25, 0.3) is 0 Å². The molecule has 0 spiro atoms. The summed E-state index contributed by atoms with van der Waals surface area (Å²) in [7, 11) is 3.52. The van der Waals surface area contributed by atoms with Crippen molar-refractivity contribution in [3.8, 4) is 5.75 Å². The zero-order valence-electron chi connectivity index (χ0n) is 17.0. The van der Waals surface area contributed by atoms with Gasteiger partial charge < -0.3 is 19.9 Å². The number of thioether (sulfide) groups is 1. The predicted molar refractivity (Wildman–Crippen MR) is 117 cm³/mol. The number of amides is 1. The van der Waals surface area contributed by atoms with E-state index in [2.05, 4.69) is 46.8 Å². The molecular weight excluding hydrogens is 386 g/mol. The Bertz CT molecular complexity index is 965. The maximum Gasteiger partial charge on any atom is 0.234 e. The Balaban J connectivity index is 1.54. The van der Waals surface area contributed by atoms with Gasteiger partial charge >= 0.3 is 0 Å². The van der Waals surface area contributed by atoms with E-state index in [0.29, 0.717) is 11.7 Å². The summed E-state index contributed by atoms with van der Waals surface area (Å²) in [5.74, 6) is 1.71. The summed E-state index contributed by atoms with van der Waals surface area (Å²) in [5, 5.41) is 15.5. The van der Waals surface area contributed by atoms with Crippen LogP contribution in [0.5, 0.6) is 5.75 Å². The Morgan fingerprint density at radius 1 is 1.10 bits per heavy atom. The average molecular weight is 412 g/mol. The Kier molecular flexibility index (Phi) is 6.77. The Morgan fingerprint density at radius 2 is 1.79 bits per heavy atom. The number of aromatic nitrogens is 3. The highest BCUT2D eigenvalue weighted by Crippen LogP contribution is 2.21. The number of hydrogen-bond acceptors (Lipinski definition) is 6. The monoisotopic (exact) mass is 411 g/mol. The number of anilines is 2. The van der Waals surface area contributed by atoms with Crippen molar-refractivity contribution in [3.05, 3.63) is 59.4 Å². The van der Waals surface area contributed by atoms with E-state index in [4.69, 9.17) is 4.74 Å². The number of carbonyl (C=O) groups is 1. The zero-order chi connectivity index (χ0) is 20.8. The molecule has 0 atom stereocenters. The summed E-state index contributed by atoms with van der Waals surface area (Å²) in [4.78, 5) is 12.2. The third-order valence-corrected chi connectivity index (χ3v) is 5.56. The first-order valence-electron chi connectivity index (χ1n) is 9.23. The molecule has 0 fully saturated rings. The maximum atomic E-state index is 12.2. The molecule has 0 saturated carbocycles.